The molecule has 2 aliphatic rings. The van der Waals surface area contributed by atoms with Crippen molar-refractivity contribution in [3.8, 4) is 62.5 Å². The van der Waals surface area contributed by atoms with Crippen LogP contribution in [-0.4, -0.2) is 15.0 Å². The van der Waals surface area contributed by atoms with Gasteiger partial charge in [-0.05, 0) is 74.8 Å². The van der Waals surface area contributed by atoms with E-state index in [1.807, 2.05) is 78.5 Å². The minimum absolute atomic E-state index is 0.495. The summed E-state index contributed by atoms with van der Waals surface area (Å²) >= 11 is 1.85. The molecule has 8 aromatic rings. The maximum Gasteiger partial charge on any atom is 0.164 e. The lowest BCUT2D eigenvalue weighted by atomic mass is 9.67. The summed E-state index contributed by atoms with van der Waals surface area (Å²) in [5.74, 6) is 1.82. The topological polar surface area (TPSA) is 62.5 Å². The summed E-state index contributed by atoms with van der Waals surface area (Å²) in [6.07, 6.45) is 0. The molecule has 242 valence electrons. The van der Waals surface area contributed by atoms with Crippen molar-refractivity contribution in [2.24, 2.45) is 0 Å². The lowest BCUT2D eigenvalue weighted by Gasteiger charge is -2.39. The molecule has 2 heterocycles. The van der Waals surface area contributed by atoms with Crippen LogP contribution in [0, 0.1) is 11.3 Å². The van der Waals surface area contributed by atoms with Crippen molar-refractivity contribution in [1.82, 2.24) is 15.0 Å². The Morgan fingerprint density at radius 3 is 1.69 bits per heavy atom. The number of aromatic nitrogens is 3. The normalized spacial score (nSPS) is 13.1. The van der Waals surface area contributed by atoms with Gasteiger partial charge in [-0.25, -0.2) is 15.0 Å². The molecule has 1 aliphatic heterocycles. The molecule has 52 heavy (non-hydrogen) atoms. The van der Waals surface area contributed by atoms with Crippen molar-refractivity contribution < 1.29 is 0 Å². The minimum Gasteiger partial charge on any atom is -0.208 e. The van der Waals surface area contributed by atoms with E-state index in [4.69, 9.17) is 15.0 Å². The SMILES string of the molecule is N#Cc1cccc(-c2cccc(-c3nc(-c4ccccc4)nc(-c4cccc5c4-c4ccccc4C54c5ccccc5Sc5ccccc54)n3)c2)c1. The highest BCUT2D eigenvalue weighted by atomic mass is 32.2. The number of nitrogens with zero attached hydrogens (tertiary/aromatic N) is 4. The Balaban J connectivity index is 1.23. The molecule has 1 aromatic heterocycles. The second-order valence-electron chi connectivity index (χ2n) is 13.1. The average molecular weight is 681 g/mol. The monoisotopic (exact) mass is 680 g/mol. The fourth-order valence-electron chi connectivity index (χ4n) is 8.04. The number of hydrogen-bond donors (Lipinski definition) is 0. The summed E-state index contributed by atoms with van der Waals surface area (Å²) < 4.78 is 0. The first-order chi connectivity index (χ1) is 25.7. The molecule has 0 bridgehead atoms. The second kappa shape index (κ2) is 12.0. The molecule has 0 N–H and O–H groups in total. The van der Waals surface area contributed by atoms with E-state index in [1.54, 1.807) is 0 Å². The minimum atomic E-state index is -0.495. The Hall–Kier alpha value is -6.61. The van der Waals surface area contributed by atoms with Crippen LogP contribution in [-0.2, 0) is 5.41 Å². The standard InChI is InChI=1S/C47H28N4S/c48-29-30-13-10-16-32(27-30)33-17-11-18-34(28-33)45-49-44(31-14-2-1-3-15-31)50-46(51-45)36-20-12-24-40-43(36)35-19-4-5-21-37(35)47(40)38-22-6-8-25-41(38)52-42-26-9-7-23-39(42)47/h1-28H. The third kappa shape index (κ3) is 4.59. The molecule has 0 atom stereocenters. The fraction of sp³-hybridized carbons (Fsp3) is 0.0213. The fourth-order valence-corrected chi connectivity index (χ4v) is 9.23. The maximum absolute atomic E-state index is 9.55. The number of fused-ring (bicyclic) bond motifs is 9. The molecule has 10 rings (SSSR count). The second-order valence-corrected chi connectivity index (χ2v) is 14.1. The summed E-state index contributed by atoms with van der Waals surface area (Å²) in [7, 11) is 0. The number of rotatable bonds is 4. The van der Waals surface area contributed by atoms with Gasteiger partial charge in [-0.1, -0.05) is 151 Å². The van der Waals surface area contributed by atoms with E-state index in [-0.39, 0.29) is 0 Å². The molecule has 0 unspecified atom stereocenters. The predicted octanol–water partition coefficient (Wildman–Crippen LogP) is 11.2. The molecule has 0 fully saturated rings. The number of nitriles is 1. The Kier molecular flexibility index (Phi) is 6.99. The Morgan fingerprint density at radius 2 is 0.942 bits per heavy atom. The van der Waals surface area contributed by atoms with E-state index in [0.717, 1.165) is 33.4 Å². The van der Waals surface area contributed by atoms with E-state index < -0.39 is 5.41 Å². The van der Waals surface area contributed by atoms with Gasteiger partial charge in [0.1, 0.15) is 0 Å². The summed E-state index contributed by atoms with van der Waals surface area (Å²) in [6.45, 7) is 0. The number of benzene rings is 7. The van der Waals surface area contributed by atoms with Crippen LogP contribution in [0.4, 0.5) is 0 Å². The molecule has 5 heteroatoms. The molecule has 0 amide bonds. The van der Waals surface area contributed by atoms with Gasteiger partial charge >= 0.3 is 0 Å². The predicted molar refractivity (Wildman–Crippen MR) is 208 cm³/mol. The van der Waals surface area contributed by atoms with Crippen LogP contribution in [0.3, 0.4) is 0 Å². The van der Waals surface area contributed by atoms with Gasteiger partial charge in [-0.2, -0.15) is 5.26 Å². The zero-order valence-electron chi connectivity index (χ0n) is 27.9. The summed E-state index contributed by atoms with van der Waals surface area (Å²) in [5.41, 5.74) is 12.2. The molecular formula is C47H28N4S. The highest BCUT2D eigenvalue weighted by molar-refractivity contribution is 7.99. The molecular weight excluding hydrogens is 653 g/mol. The van der Waals surface area contributed by atoms with E-state index >= 15 is 0 Å². The third-order valence-corrected chi connectivity index (χ3v) is 11.4. The van der Waals surface area contributed by atoms with Gasteiger partial charge in [0.2, 0.25) is 0 Å². The lowest BCUT2D eigenvalue weighted by Crippen LogP contribution is -2.31. The van der Waals surface area contributed by atoms with Crippen LogP contribution in [0.5, 0.6) is 0 Å². The van der Waals surface area contributed by atoms with Gasteiger partial charge in [0, 0.05) is 26.5 Å². The Labute approximate surface area is 306 Å². The molecule has 7 aromatic carbocycles. The quantitative estimate of drug-likeness (QED) is 0.185. The van der Waals surface area contributed by atoms with E-state index in [0.29, 0.717) is 23.0 Å². The van der Waals surface area contributed by atoms with Crippen LogP contribution in [0.25, 0.3) is 56.4 Å². The molecule has 4 nitrogen and oxygen atoms in total. The Bertz CT molecular complexity index is 2700. The van der Waals surface area contributed by atoms with Gasteiger partial charge < -0.3 is 0 Å². The molecule has 1 spiro atoms. The highest BCUT2D eigenvalue weighted by Gasteiger charge is 2.50. The van der Waals surface area contributed by atoms with Crippen molar-refractivity contribution in [3.63, 3.8) is 0 Å². The summed E-state index contributed by atoms with van der Waals surface area (Å²) in [5, 5.41) is 9.55. The van der Waals surface area contributed by atoms with Crippen LogP contribution in [0.1, 0.15) is 27.8 Å². The van der Waals surface area contributed by atoms with Crippen molar-refractivity contribution in [2.45, 2.75) is 15.2 Å². The molecule has 0 radical (unpaired) electrons. The molecule has 1 aliphatic carbocycles. The van der Waals surface area contributed by atoms with Crippen LogP contribution in [0.2, 0.25) is 0 Å². The number of hydrogen-bond acceptors (Lipinski definition) is 5. The average Bonchev–Trinajstić information content (AvgIpc) is 3.52. The first-order valence-corrected chi connectivity index (χ1v) is 18.1. The van der Waals surface area contributed by atoms with Crippen molar-refractivity contribution in [1.29, 1.82) is 5.26 Å². The smallest absolute Gasteiger partial charge is 0.164 e. The van der Waals surface area contributed by atoms with Crippen molar-refractivity contribution >= 4 is 11.8 Å². The zero-order valence-corrected chi connectivity index (χ0v) is 28.7. The summed E-state index contributed by atoms with van der Waals surface area (Å²) in [4.78, 5) is 18.1. The van der Waals surface area contributed by atoms with Gasteiger partial charge in [0.15, 0.2) is 17.5 Å². The highest BCUT2D eigenvalue weighted by Crippen LogP contribution is 2.63. The van der Waals surface area contributed by atoms with Gasteiger partial charge in [0.05, 0.1) is 17.0 Å². The van der Waals surface area contributed by atoms with E-state index in [2.05, 4.69) is 109 Å². The van der Waals surface area contributed by atoms with Crippen molar-refractivity contribution in [3.05, 3.63) is 198 Å². The largest absolute Gasteiger partial charge is 0.208 e. The van der Waals surface area contributed by atoms with Gasteiger partial charge in [-0.3, -0.25) is 0 Å². The van der Waals surface area contributed by atoms with Gasteiger partial charge in [-0.15, -0.1) is 0 Å². The first-order valence-electron chi connectivity index (χ1n) is 17.3. The van der Waals surface area contributed by atoms with Crippen LogP contribution < -0.4 is 0 Å². The third-order valence-electron chi connectivity index (χ3n) is 10.2. The van der Waals surface area contributed by atoms with E-state index in [1.165, 1.54) is 37.6 Å². The van der Waals surface area contributed by atoms with Gasteiger partial charge in [0.25, 0.3) is 0 Å². The zero-order chi connectivity index (χ0) is 34.6. The Morgan fingerprint density at radius 1 is 0.423 bits per heavy atom. The van der Waals surface area contributed by atoms with Crippen molar-refractivity contribution in [2.75, 3.05) is 0 Å². The summed E-state index contributed by atoms with van der Waals surface area (Å²) in [6, 6.07) is 61.4. The molecule has 0 saturated carbocycles. The van der Waals surface area contributed by atoms with Crippen LogP contribution >= 0.6 is 11.8 Å². The maximum atomic E-state index is 9.55. The van der Waals surface area contributed by atoms with Crippen LogP contribution in [0.15, 0.2) is 180 Å². The first kappa shape index (κ1) is 30.2. The lowest BCUT2D eigenvalue weighted by molar-refractivity contribution is 0.722. The molecule has 0 saturated heterocycles. The van der Waals surface area contributed by atoms with E-state index in [9.17, 15) is 5.26 Å².